The summed E-state index contributed by atoms with van der Waals surface area (Å²) in [6.07, 6.45) is 1.60. The predicted octanol–water partition coefficient (Wildman–Crippen LogP) is 2.55. The molecule has 0 fully saturated rings. The number of nitrogens with zero attached hydrogens (tertiary/aromatic N) is 1. The molecule has 0 aliphatic rings. The van der Waals surface area contributed by atoms with E-state index in [2.05, 4.69) is 26.2 Å². The molecular weight excluding hydrogens is 483 g/mol. The van der Waals surface area contributed by atoms with E-state index in [1.54, 1.807) is 60.8 Å². The van der Waals surface area contributed by atoms with Crippen LogP contribution >= 0.6 is 15.9 Å². The molecule has 0 saturated carbocycles. The van der Waals surface area contributed by atoms with Crippen LogP contribution in [0, 0.1) is 5.41 Å². The molecular formula is C20H15AsBrN4O2. The molecule has 0 aliphatic carbocycles. The molecule has 1 aromatic heterocycles. The third-order valence-electron chi connectivity index (χ3n) is 3.78. The summed E-state index contributed by atoms with van der Waals surface area (Å²) in [5, 5.41) is 10.2. The van der Waals surface area contributed by atoms with E-state index in [9.17, 15) is 9.59 Å². The van der Waals surface area contributed by atoms with Crippen molar-refractivity contribution in [1.82, 2.24) is 4.98 Å². The average molecular weight is 498 g/mol. The van der Waals surface area contributed by atoms with Gasteiger partial charge in [-0.25, -0.2) is 0 Å². The summed E-state index contributed by atoms with van der Waals surface area (Å²) in [7, 11) is 0. The van der Waals surface area contributed by atoms with E-state index in [0.717, 1.165) is 4.47 Å². The Morgan fingerprint density at radius 2 is 1.68 bits per heavy atom. The molecule has 0 bridgehead atoms. The first-order valence-corrected chi connectivity index (χ1v) is 10.8. The number of nitrogen functional groups attached to an aromatic ring is 1. The van der Waals surface area contributed by atoms with Gasteiger partial charge in [0.25, 0.3) is 0 Å². The molecule has 2 aromatic carbocycles. The Kier molecular flexibility index (Phi) is 6.39. The van der Waals surface area contributed by atoms with E-state index in [0.29, 0.717) is 26.9 Å². The molecule has 1 heterocycles. The first kappa shape index (κ1) is 20.0. The van der Waals surface area contributed by atoms with Gasteiger partial charge in [-0.1, -0.05) is 0 Å². The molecule has 0 atom stereocenters. The van der Waals surface area contributed by atoms with Crippen LogP contribution in [0.25, 0.3) is 0 Å². The van der Waals surface area contributed by atoms with Crippen LogP contribution in [0.1, 0.15) is 26.3 Å². The van der Waals surface area contributed by atoms with E-state index in [1.165, 1.54) is 0 Å². The van der Waals surface area contributed by atoms with Crippen molar-refractivity contribution in [2.24, 2.45) is 5.73 Å². The van der Waals surface area contributed by atoms with Crippen LogP contribution in [0.3, 0.4) is 0 Å². The number of rotatable bonds is 6. The monoisotopic (exact) mass is 497 g/mol. The summed E-state index contributed by atoms with van der Waals surface area (Å²) < 4.78 is 1.50. The summed E-state index contributed by atoms with van der Waals surface area (Å²) in [5.74, 6) is 0.0849. The Bertz CT molecular complexity index is 1040. The van der Waals surface area contributed by atoms with E-state index in [1.807, 2.05) is 6.07 Å². The number of hydrogen-bond donors (Lipinski definition) is 3. The molecule has 3 rings (SSSR count). The second kappa shape index (κ2) is 8.95. The van der Waals surface area contributed by atoms with Crippen molar-refractivity contribution in [2.75, 3.05) is 5.32 Å². The number of carbonyl (C=O) groups is 2. The fourth-order valence-corrected chi connectivity index (χ4v) is 4.60. The van der Waals surface area contributed by atoms with Gasteiger partial charge in [-0.3, -0.25) is 0 Å². The second-order valence-corrected chi connectivity index (χ2v) is 8.99. The molecule has 28 heavy (non-hydrogen) atoms. The number of hydrogen-bond acceptors (Lipinski definition) is 4. The van der Waals surface area contributed by atoms with Crippen LogP contribution < -0.4 is 15.4 Å². The Labute approximate surface area is 176 Å². The van der Waals surface area contributed by atoms with Gasteiger partial charge in [-0.05, 0) is 0 Å². The molecule has 6 nitrogen and oxygen atoms in total. The van der Waals surface area contributed by atoms with Crippen molar-refractivity contribution in [3.05, 3.63) is 88.0 Å². The quantitative estimate of drug-likeness (QED) is 0.276. The first-order valence-electron chi connectivity index (χ1n) is 8.16. The minimum absolute atomic E-state index is 0.0339. The third-order valence-corrected chi connectivity index (χ3v) is 6.54. The molecule has 0 saturated heterocycles. The van der Waals surface area contributed by atoms with Crippen molar-refractivity contribution in [2.45, 2.75) is 0 Å². The van der Waals surface area contributed by atoms with Gasteiger partial charge in [0, 0.05) is 0 Å². The van der Waals surface area contributed by atoms with E-state index < -0.39 is 15.8 Å². The number of pyridine rings is 1. The van der Waals surface area contributed by atoms with Crippen LogP contribution in [0.2, 0.25) is 0 Å². The average Bonchev–Trinajstić information content (AvgIpc) is 2.70. The van der Waals surface area contributed by atoms with E-state index >= 15 is 0 Å². The van der Waals surface area contributed by atoms with Gasteiger partial charge >= 0.3 is 177 Å². The van der Waals surface area contributed by atoms with Gasteiger partial charge < -0.3 is 0 Å². The number of nitrogens with one attached hydrogen (secondary N) is 2. The molecule has 1 radical (unpaired) electrons. The van der Waals surface area contributed by atoms with Crippen LogP contribution in [0.5, 0.6) is 0 Å². The molecule has 139 valence electrons. The van der Waals surface area contributed by atoms with Crippen LogP contribution in [-0.4, -0.2) is 37.0 Å². The van der Waals surface area contributed by atoms with E-state index in [-0.39, 0.29) is 16.3 Å². The summed E-state index contributed by atoms with van der Waals surface area (Å²) in [5.41, 5.74) is 7.00. The number of amides is 1. The van der Waals surface area contributed by atoms with E-state index in [4.69, 9.17) is 11.1 Å². The fraction of sp³-hybridized carbons (Fsp3) is 0. The van der Waals surface area contributed by atoms with Crippen LogP contribution in [0.15, 0.2) is 71.3 Å². The summed E-state index contributed by atoms with van der Waals surface area (Å²) in [4.78, 5) is 29.5. The van der Waals surface area contributed by atoms with Gasteiger partial charge in [0.05, 0.1) is 0 Å². The summed E-state index contributed by atoms with van der Waals surface area (Å²) in [6.45, 7) is 0. The maximum absolute atomic E-state index is 12.7. The molecule has 0 aliphatic heterocycles. The number of aromatic nitrogens is 1. The fourth-order valence-electron chi connectivity index (χ4n) is 2.36. The second-order valence-electron chi connectivity index (χ2n) is 5.74. The summed E-state index contributed by atoms with van der Waals surface area (Å²) in [6, 6.07) is 17.2. The topological polar surface area (TPSA) is 109 Å². The zero-order valence-corrected chi connectivity index (χ0v) is 18.0. The van der Waals surface area contributed by atoms with Crippen molar-refractivity contribution in [1.29, 1.82) is 5.41 Å². The summed E-state index contributed by atoms with van der Waals surface area (Å²) >= 11 is 2.39. The normalized spacial score (nSPS) is 10.8. The Balaban J connectivity index is 1.77. The van der Waals surface area contributed by atoms with Crippen molar-refractivity contribution in [3.8, 4) is 0 Å². The van der Waals surface area contributed by atoms with Crippen molar-refractivity contribution < 1.29 is 9.59 Å². The SMILES string of the molecule is N=C(N)c1ccc(C(=O)[As]c2ccccc2C(=O)Nc2ccc(Br)cn2)cc1. The zero-order valence-electron chi connectivity index (χ0n) is 14.5. The Morgan fingerprint density at radius 3 is 2.32 bits per heavy atom. The first-order chi connectivity index (χ1) is 13.4. The predicted molar refractivity (Wildman–Crippen MR) is 114 cm³/mol. The number of amidine groups is 1. The molecule has 1 amide bonds. The van der Waals surface area contributed by atoms with Crippen LogP contribution in [-0.2, 0) is 0 Å². The van der Waals surface area contributed by atoms with Crippen molar-refractivity contribution in [3.63, 3.8) is 0 Å². The third kappa shape index (κ3) is 4.94. The number of nitrogens with two attached hydrogens (primary N) is 1. The Morgan fingerprint density at radius 1 is 1.00 bits per heavy atom. The minimum atomic E-state index is -0.917. The number of anilines is 1. The van der Waals surface area contributed by atoms with Crippen LogP contribution in [0.4, 0.5) is 5.82 Å². The number of carbonyl (C=O) groups excluding carboxylic acids is 2. The number of halogens is 1. The standard InChI is InChI=1S/C20H15AsBrN4O2/c22-14-9-10-17(25-11-14)26-20(28)15-3-1-2-4-16(15)21-18(27)12-5-7-13(8-6-12)19(23)24/h1-11H,(H3,23,24)(H,25,26,28). The zero-order chi connectivity index (χ0) is 20.1. The molecule has 0 unspecified atom stereocenters. The molecule has 0 spiro atoms. The van der Waals surface area contributed by atoms with Gasteiger partial charge in [-0.2, -0.15) is 0 Å². The number of benzene rings is 2. The Hall–Kier alpha value is -2.76. The van der Waals surface area contributed by atoms with Gasteiger partial charge in [0.1, 0.15) is 0 Å². The molecule has 4 N–H and O–H groups in total. The van der Waals surface area contributed by atoms with Gasteiger partial charge in [-0.15, -0.1) is 0 Å². The molecule has 3 aromatic rings. The maximum atomic E-state index is 12.7. The van der Waals surface area contributed by atoms with Gasteiger partial charge in [0.2, 0.25) is 0 Å². The molecule has 8 heteroatoms. The van der Waals surface area contributed by atoms with Crippen molar-refractivity contribution >= 4 is 58.2 Å². The van der Waals surface area contributed by atoms with Gasteiger partial charge in [0.15, 0.2) is 0 Å².